The Morgan fingerprint density at radius 1 is 1.54 bits per heavy atom. The van der Waals surface area contributed by atoms with Crippen molar-refractivity contribution in [1.29, 1.82) is 0 Å². The molecule has 0 atom stereocenters. The molecule has 2 rings (SSSR count). The predicted molar refractivity (Wildman–Crippen MR) is 56.1 cm³/mol. The Balaban J connectivity index is 1.99. The van der Waals surface area contributed by atoms with Gasteiger partial charge in [0.05, 0.1) is 10.7 Å². The van der Waals surface area contributed by atoms with Crippen molar-refractivity contribution in [1.82, 2.24) is 10.3 Å². The van der Waals surface area contributed by atoms with Crippen LogP contribution in [-0.2, 0) is 13.0 Å². The highest BCUT2D eigenvalue weighted by molar-refractivity contribution is 7.11. The first kappa shape index (κ1) is 9.16. The minimum atomic E-state index is 0.798. The number of aryl methyl sites for hydroxylation is 2. The molecule has 1 aliphatic carbocycles. The Kier molecular flexibility index (Phi) is 2.65. The Hall–Kier alpha value is -0.410. The second-order valence-corrected chi connectivity index (χ2v) is 4.90. The average Bonchev–Trinajstić information content (AvgIpc) is 2.87. The Morgan fingerprint density at radius 2 is 2.31 bits per heavy atom. The van der Waals surface area contributed by atoms with Crippen LogP contribution in [0.25, 0.3) is 0 Å². The molecule has 72 valence electrons. The maximum atomic E-state index is 4.51. The predicted octanol–water partition coefficient (Wildman–Crippen LogP) is 2.27. The molecule has 0 aliphatic heterocycles. The van der Waals surface area contributed by atoms with Gasteiger partial charge in [0.15, 0.2) is 0 Å². The topological polar surface area (TPSA) is 24.9 Å². The number of aromatic nitrogens is 1. The van der Waals surface area contributed by atoms with Crippen molar-refractivity contribution < 1.29 is 0 Å². The molecule has 0 aromatic carbocycles. The molecule has 0 saturated heterocycles. The van der Waals surface area contributed by atoms with Crippen molar-refractivity contribution in [3.05, 3.63) is 15.6 Å². The van der Waals surface area contributed by atoms with Crippen molar-refractivity contribution >= 4 is 11.3 Å². The van der Waals surface area contributed by atoms with E-state index in [2.05, 4.69) is 24.1 Å². The lowest BCUT2D eigenvalue weighted by Crippen LogP contribution is -2.15. The summed E-state index contributed by atoms with van der Waals surface area (Å²) >= 11 is 1.84. The summed E-state index contributed by atoms with van der Waals surface area (Å²) in [7, 11) is 0. The number of nitrogens with zero attached hydrogens (tertiary/aromatic N) is 1. The molecule has 1 fully saturated rings. The molecule has 0 bridgehead atoms. The van der Waals surface area contributed by atoms with E-state index in [0.29, 0.717) is 0 Å². The molecular formula is C10H16N2S. The van der Waals surface area contributed by atoms with E-state index in [9.17, 15) is 0 Å². The normalized spacial score (nSPS) is 16.5. The van der Waals surface area contributed by atoms with Gasteiger partial charge in [-0.05, 0) is 26.2 Å². The maximum absolute atomic E-state index is 4.51. The standard InChI is InChI=1S/C10H16N2S/c1-3-9-10(13-7(2)12-9)6-11-8-4-5-8/h8,11H,3-6H2,1-2H3. The largest absolute Gasteiger partial charge is 0.309 e. The molecule has 2 nitrogen and oxygen atoms in total. The van der Waals surface area contributed by atoms with Crippen molar-refractivity contribution in [3.63, 3.8) is 0 Å². The molecule has 1 heterocycles. The van der Waals surface area contributed by atoms with E-state index in [1.165, 1.54) is 28.4 Å². The fraction of sp³-hybridized carbons (Fsp3) is 0.700. The molecule has 1 aromatic rings. The van der Waals surface area contributed by atoms with Crippen LogP contribution in [0.2, 0.25) is 0 Å². The summed E-state index contributed by atoms with van der Waals surface area (Å²) in [5.41, 5.74) is 1.29. The van der Waals surface area contributed by atoms with Gasteiger partial charge in [0.1, 0.15) is 0 Å². The SMILES string of the molecule is CCc1nc(C)sc1CNC1CC1. The Morgan fingerprint density at radius 3 is 2.92 bits per heavy atom. The lowest BCUT2D eigenvalue weighted by atomic mass is 10.3. The van der Waals surface area contributed by atoms with Crippen molar-refractivity contribution in [2.45, 2.75) is 45.7 Å². The van der Waals surface area contributed by atoms with Gasteiger partial charge < -0.3 is 5.32 Å². The van der Waals surface area contributed by atoms with E-state index in [4.69, 9.17) is 0 Å². The van der Waals surface area contributed by atoms with Crippen LogP contribution in [0.1, 0.15) is 35.3 Å². The summed E-state index contributed by atoms with van der Waals surface area (Å²) in [6, 6.07) is 0.798. The highest BCUT2D eigenvalue weighted by Gasteiger charge is 2.20. The molecule has 0 amide bonds. The molecule has 1 N–H and O–H groups in total. The minimum absolute atomic E-state index is 0.798. The summed E-state index contributed by atoms with van der Waals surface area (Å²) < 4.78 is 0. The first-order valence-electron chi connectivity index (χ1n) is 4.98. The first-order valence-corrected chi connectivity index (χ1v) is 5.79. The van der Waals surface area contributed by atoms with Crippen LogP contribution in [0, 0.1) is 6.92 Å². The zero-order valence-electron chi connectivity index (χ0n) is 8.26. The number of thiazole rings is 1. The number of rotatable bonds is 4. The summed E-state index contributed by atoms with van der Waals surface area (Å²) in [6.45, 7) is 5.29. The van der Waals surface area contributed by atoms with E-state index in [-0.39, 0.29) is 0 Å². The highest BCUT2D eigenvalue weighted by Crippen LogP contribution is 2.22. The van der Waals surface area contributed by atoms with Crippen LogP contribution in [0.15, 0.2) is 0 Å². The smallest absolute Gasteiger partial charge is 0.0900 e. The third-order valence-electron chi connectivity index (χ3n) is 2.35. The summed E-state index contributed by atoms with van der Waals surface area (Å²) in [6.07, 6.45) is 3.78. The summed E-state index contributed by atoms with van der Waals surface area (Å²) in [4.78, 5) is 5.94. The fourth-order valence-corrected chi connectivity index (χ4v) is 2.43. The van der Waals surface area contributed by atoms with Crippen molar-refractivity contribution in [3.8, 4) is 0 Å². The van der Waals surface area contributed by atoms with Gasteiger partial charge in [-0.2, -0.15) is 0 Å². The quantitative estimate of drug-likeness (QED) is 0.799. The van der Waals surface area contributed by atoms with E-state index in [0.717, 1.165) is 19.0 Å². The molecule has 0 spiro atoms. The van der Waals surface area contributed by atoms with Gasteiger partial charge in [-0.1, -0.05) is 6.92 Å². The molecular weight excluding hydrogens is 180 g/mol. The zero-order chi connectivity index (χ0) is 9.26. The number of nitrogens with one attached hydrogen (secondary N) is 1. The molecule has 0 radical (unpaired) electrons. The van der Waals surface area contributed by atoms with Gasteiger partial charge in [0, 0.05) is 17.5 Å². The van der Waals surface area contributed by atoms with Gasteiger partial charge >= 0.3 is 0 Å². The first-order chi connectivity index (χ1) is 6.29. The van der Waals surface area contributed by atoms with Crippen molar-refractivity contribution in [2.75, 3.05) is 0 Å². The van der Waals surface area contributed by atoms with Crippen LogP contribution >= 0.6 is 11.3 Å². The molecule has 1 aromatic heterocycles. The maximum Gasteiger partial charge on any atom is 0.0900 e. The van der Waals surface area contributed by atoms with E-state index < -0.39 is 0 Å². The highest BCUT2D eigenvalue weighted by atomic mass is 32.1. The molecule has 3 heteroatoms. The third kappa shape index (κ3) is 2.29. The number of hydrogen-bond donors (Lipinski definition) is 1. The van der Waals surface area contributed by atoms with E-state index in [1.807, 2.05) is 11.3 Å². The summed E-state index contributed by atoms with van der Waals surface area (Å²) in [5, 5.41) is 4.73. The second kappa shape index (κ2) is 3.76. The second-order valence-electron chi connectivity index (χ2n) is 3.61. The average molecular weight is 196 g/mol. The van der Waals surface area contributed by atoms with E-state index >= 15 is 0 Å². The van der Waals surface area contributed by atoms with Crippen LogP contribution in [0.4, 0.5) is 0 Å². The molecule has 0 unspecified atom stereocenters. The van der Waals surface area contributed by atoms with Crippen LogP contribution in [0.3, 0.4) is 0 Å². The van der Waals surface area contributed by atoms with Crippen molar-refractivity contribution in [2.24, 2.45) is 0 Å². The molecule has 13 heavy (non-hydrogen) atoms. The minimum Gasteiger partial charge on any atom is -0.309 e. The van der Waals surface area contributed by atoms with Gasteiger partial charge in [-0.15, -0.1) is 11.3 Å². The Bertz CT molecular complexity index is 289. The van der Waals surface area contributed by atoms with Gasteiger partial charge in [-0.25, -0.2) is 4.98 Å². The fourth-order valence-electron chi connectivity index (χ4n) is 1.45. The Labute approximate surface area is 83.4 Å². The molecule has 1 aliphatic rings. The third-order valence-corrected chi connectivity index (χ3v) is 3.36. The van der Waals surface area contributed by atoms with Crippen LogP contribution in [-0.4, -0.2) is 11.0 Å². The monoisotopic (exact) mass is 196 g/mol. The lowest BCUT2D eigenvalue weighted by molar-refractivity contribution is 0.689. The lowest BCUT2D eigenvalue weighted by Gasteiger charge is -2.00. The van der Waals surface area contributed by atoms with E-state index in [1.54, 1.807) is 0 Å². The van der Waals surface area contributed by atoms with Crippen LogP contribution in [0.5, 0.6) is 0 Å². The number of hydrogen-bond acceptors (Lipinski definition) is 3. The molecule has 1 saturated carbocycles. The van der Waals surface area contributed by atoms with Gasteiger partial charge in [0.2, 0.25) is 0 Å². The van der Waals surface area contributed by atoms with Gasteiger partial charge in [0.25, 0.3) is 0 Å². The summed E-state index contributed by atoms with van der Waals surface area (Å²) in [5.74, 6) is 0. The zero-order valence-corrected chi connectivity index (χ0v) is 9.08. The van der Waals surface area contributed by atoms with Gasteiger partial charge in [-0.3, -0.25) is 0 Å². The van der Waals surface area contributed by atoms with Crippen LogP contribution < -0.4 is 5.32 Å².